The van der Waals surface area contributed by atoms with Crippen molar-refractivity contribution in [3.8, 4) is 6.07 Å². The molecule has 0 aliphatic heterocycles. The fraction of sp³-hybridized carbons (Fsp3) is 0.846. The van der Waals surface area contributed by atoms with E-state index in [0.717, 1.165) is 25.7 Å². The lowest BCUT2D eigenvalue weighted by atomic mass is 9.83. The number of ether oxygens (including phenoxy) is 1. The number of carbonyl (C=O) groups excluding carboxylic acids is 1. The molecular formula is C13H22N2O2. The summed E-state index contributed by atoms with van der Waals surface area (Å²) in [7, 11) is 0. The number of nitrogens with one attached hydrogen (secondary N) is 1. The maximum atomic E-state index is 11.7. The average molecular weight is 238 g/mol. The molecule has 17 heavy (non-hydrogen) atoms. The number of hydrogen-bond donors (Lipinski definition) is 1. The van der Waals surface area contributed by atoms with Crippen LogP contribution in [0, 0.1) is 17.2 Å². The maximum absolute atomic E-state index is 11.7. The van der Waals surface area contributed by atoms with Crippen molar-refractivity contribution in [2.45, 2.75) is 64.5 Å². The van der Waals surface area contributed by atoms with E-state index < -0.39 is 5.60 Å². The van der Waals surface area contributed by atoms with Crippen molar-refractivity contribution in [3.63, 3.8) is 0 Å². The van der Waals surface area contributed by atoms with Crippen LogP contribution in [0.1, 0.15) is 52.9 Å². The summed E-state index contributed by atoms with van der Waals surface area (Å²) < 4.78 is 5.23. The molecule has 0 aromatic carbocycles. The highest BCUT2D eigenvalue weighted by Crippen LogP contribution is 2.27. The second-order valence-electron chi connectivity index (χ2n) is 5.66. The van der Waals surface area contributed by atoms with E-state index in [0.29, 0.717) is 6.42 Å². The summed E-state index contributed by atoms with van der Waals surface area (Å²) in [6, 6.07) is 2.29. The fourth-order valence-corrected chi connectivity index (χ4v) is 2.22. The van der Waals surface area contributed by atoms with E-state index in [4.69, 9.17) is 10.00 Å². The highest BCUT2D eigenvalue weighted by molar-refractivity contribution is 5.68. The Morgan fingerprint density at radius 2 is 2.06 bits per heavy atom. The van der Waals surface area contributed by atoms with Gasteiger partial charge in [-0.1, -0.05) is 12.8 Å². The molecule has 0 unspecified atom stereocenters. The van der Waals surface area contributed by atoms with Gasteiger partial charge >= 0.3 is 6.09 Å². The molecule has 1 amide bonds. The fourth-order valence-electron chi connectivity index (χ4n) is 2.22. The Morgan fingerprint density at radius 3 is 2.65 bits per heavy atom. The highest BCUT2D eigenvalue weighted by Gasteiger charge is 2.27. The third-order valence-corrected chi connectivity index (χ3v) is 2.96. The number of amides is 1. The van der Waals surface area contributed by atoms with Crippen LogP contribution < -0.4 is 5.32 Å². The first-order valence-electron chi connectivity index (χ1n) is 6.29. The van der Waals surface area contributed by atoms with E-state index in [1.807, 2.05) is 20.8 Å². The van der Waals surface area contributed by atoms with Crippen LogP contribution in [-0.4, -0.2) is 17.7 Å². The van der Waals surface area contributed by atoms with Gasteiger partial charge in [0.25, 0.3) is 0 Å². The molecule has 1 saturated carbocycles. The Labute approximate surface area is 103 Å². The molecule has 0 saturated heterocycles. The zero-order valence-corrected chi connectivity index (χ0v) is 11.0. The SMILES string of the molecule is CC(C)(C)OC(=O)N[C@H]1CCCC[C@@H]1CC#N. The minimum atomic E-state index is -0.469. The number of nitrogens with zero attached hydrogens (tertiary/aromatic N) is 1. The molecule has 96 valence electrons. The van der Waals surface area contributed by atoms with E-state index in [9.17, 15) is 4.79 Å². The summed E-state index contributed by atoms with van der Waals surface area (Å²) in [5.74, 6) is 0.279. The van der Waals surface area contributed by atoms with E-state index >= 15 is 0 Å². The van der Waals surface area contributed by atoms with E-state index in [1.54, 1.807) is 0 Å². The van der Waals surface area contributed by atoms with Gasteiger partial charge in [-0.3, -0.25) is 0 Å². The largest absolute Gasteiger partial charge is 0.444 e. The maximum Gasteiger partial charge on any atom is 0.407 e. The van der Waals surface area contributed by atoms with E-state index in [1.165, 1.54) is 0 Å². The van der Waals surface area contributed by atoms with Crippen molar-refractivity contribution < 1.29 is 9.53 Å². The summed E-state index contributed by atoms with van der Waals surface area (Å²) in [4.78, 5) is 11.7. The van der Waals surface area contributed by atoms with Crippen LogP contribution in [0.5, 0.6) is 0 Å². The molecule has 1 aliphatic rings. The highest BCUT2D eigenvalue weighted by atomic mass is 16.6. The summed E-state index contributed by atoms with van der Waals surface area (Å²) in [6.07, 6.45) is 4.38. The zero-order valence-electron chi connectivity index (χ0n) is 11.0. The quantitative estimate of drug-likeness (QED) is 0.804. The van der Waals surface area contributed by atoms with Gasteiger partial charge in [0.1, 0.15) is 5.60 Å². The van der Waals surface area contributed by atoms with Gasteiger partial charge in [-0.2, -0.15) is 5.26 Å². The predicted molar refractivity (Wildman–Crippen MR) is 65.3 cm³/mol. The first-order chi connectivity index (χ1) is 7.92. The molecule has 1 aliphatic carbocycles. The molecular weight excluding hydrogens is 216 g/mol. The Bertz CT molecular complexity index is 302. The van der Waals surface area contributed by atoms with Crippen LogP contribution in [0.3, 0.4) is 0 Å². The van der Waals surface area contributed by atoms with Crippen LogP contribution in [0.15, 0.2) is 0 Å². The second kappa shape index (κ2) is 5.90. The van der Waals surface area contributed by atoms with Crippen LogP contribution in [0.25, 0.3) is 0 Å². The van der Waals surface area contributed by atoms with Gasteiger partial charge in [0.05, 0.1) is 6.07 Å². The Balaban J connectivity index is 2.47. The van der Waals surface area contributed by atoms with Crippen molar-refractivity contribution in [3.05, 3.63) is 0 Å². The second-order valence-corrected chi connectivity index (χ2v) is 5.66. The average Bonchev–Trinajstić information content (AvgIpc) is 2.18. The van der Waals surface area contributed by atoms with Gasteiger partial charge in [-0.25, -0.2) is 4.79 Å². The van der Waals surface area contributed by atoms with Crippen LogP contribution in [0.2, 0.25) is 0 Å². The minimum absolute atomic E-state index is 0.0956. The summed E-state index contributed by atoms with van der Waals surface area (Å²) in [6.45, 7) is 5.54. The van der Waals surface area contributed by atoms with Crippen molar-refractivity contribution in [1.29, 1.82) is 5.26 Å². The number of alkyl carbamates (subject to hydrolysis) is 1. The minimum Gasteiger partial charge on any atom is -0.444 e. The molecule has 0 aromatic heterocycles. The smallest absolute Gasteiger partial charge is 0.407 e. The van der Waals surface area contributed by atoms with Crippen molar-refractivity contribution in [2.75, 3.05) is 0 Å². The van der Waals surface area contributed by atoms with Gasteiger partial charge in [0.2, 0.25) is 0 Å². The lowest BCUT2D eigenvalue weighted by molar-refractivity contribution is 0.0470. The van der Waals surface area contributed by atoms with Crippen LogP contribution in [0.4, 0.5) is 4.79 Å². The number of nitriles is 1. The number of hydrogen-bond acceptors (Lipinski definition) is 3. The van der Waals surface area contributed by atoms with Crippen LogP contribution >= 0.6 is 0 Å². The lowest BCUT2D eigenvalue weighted by Crippen LogP contribution is -2.44. The number of carbonyl (C=O) groups is 1. The molecule has 1 fully saturated rings. The predicted octanol–water partition coefficient (Wildman–Crippen LogP) is 2.98. The molecule has 4 heteroatoms. The lowest BCUT2D eigenvalue weighted by Gasteiger charge is -2.31. The normalized spacial score (nSPS) is 24.8. The van der Waals surface area contributed by atoms with Crippen molar-refractivity contribution in [1.82, 2.24) is 5.32 Å². The summed E-state index contributed by atoms with van der Waals surface area (Å²) >= 11 is 0. The van der Waals surface area contributed by atoms with Gasteiger partial charge in [0, 0.05) is 12.5 Å². The van der Waals surface area contributed by atoms with E-state index in [-0.39, 0.29) is 18.1 Å². The van der Waals surface area contributed by atoms with Gasteiger partial charge < -0.3 is 10.1 Å². The molecule has 0 bridgehead atoms. The Kier molecular flexibility index (Phi) is 4.80. The van der Waals surface area contributed by atoms with Gasteiger partial charge in [-0.05, 0) is 39.5 Å². The molecule has 0 spiro atoms. The van der Waals surface area contributed by atoms with Crippen molar-refractivity contribution >= 4 is 6.09 Å². The molecule has 0 aromatic rings. The third-order valence-electron chi connectivity index (χ3n) is 2.96. The topological polar surface area (TPSA) is 62.1 Å². The molecule has 4 nitrogen and oxygen atoms in total. The zero-order chi connectivity index (χ0) is 12.9. The third kappa shape index (κ3) is 5.08. The van der Waals surface area contributed by atoms with Gasteiger partial charge in [-0.15, -0.1) is 0 Å². The summed E-state index contributed by atoms with van der Waals surface area (Å²) in [5, 5.41) is 11.7. The Morgan fingerprint density at radius 1 is 1.41 bits per heavy atom. The Hall–Kier alpha value is -1.24. The van der Waals surface area contributed by atoms with Gasteiger partial charge in [0.15, 0.2) is 0 Å². The summed E-state index contributed by atoms with van der Waals surface area (Å²) in [5.41, 5.74) is -0.469. The molecule has 2 atom stereocenters. The van der Waals surface area contributed by atoms with Crippen molar-refractivity contribution in [2.24, 2.45) is 5.92 Å². The molecule has 0 heterocycles. The molecule has 0 radical (unpaired) electrons. The number of rotatable bonds is 2. The van der Waals surface area contributed by atoms with E-state index in [2.05, 4.69) is 11.4 Å². The molecule has 1 N–H and O–H groups in total. The first-order valence-corrected chi connectivity index (χ1v) is 6.29. The van der Waals surface area contributed by atoms with Crippen LogP contribution in [-0.2, 0) is 4.74 Å². The first kappa shape index (κ1) is 13.8. The molecule has 1 rings (SSSR count). The monoisotopic (exact) mass is 238 g/mol. The standard InChI is InChI=1S/C13H22N2O2/c1-13(2,3)17-12(16)15-11-7-5-4-6-10(11)8-9-14/h10-11H,4-8H2,1-3H3,(H,15,16)/t10-,11+/m1/s1.